The van der Waals surface area contributed by atoms with E-state index in [0.29, 0.717) is 17.9 Å². The number of nitrogens with two attached hydrogens (primary N) is 1. The van der Waals surface area contributed by atoms with Crippen molar-refractivity contribution < 1.29 is 9.53 Å². The minimum Gasteiger partial charge on any atom is -0.462 e. The highest BCUT2D eigenvalue weighted by atomic mass is 16.5. The first kappa shape index (κ1) is 12.1. The molecule has 94 valence electrons. The molecule has 0 aliphatic heterocycles. The molecule has 1 heterocycles. The van der Waals surface area contributed by atoms with Crippen molar-refractivity contribution in [2.75, 3.05) is 12.0 Å². The molecule has 0 atom stereocenters. The van der Waals surface area contributed by atoms with Crippen LogP contribution < -0.4 is 11.3 Å². The van der Waals surface area contributed by atoms with Crippen LogP contribution in [0.1, 0.15) is 17.3 Å². The fraction of sp³-hybridized carbons (Fsp3) is 0.167. The molecule has 18 heavy (non-hydrogen) atoms. The van der Waals surface area contributed by atoms with Gasteiger partial charge >= 0.3 is 5.97 Å². The van der Waals surface area contributed by atoms with E-state index in [0.717, 1.165) is 5.56 Å². The molecule has 0 radical (unpaired) electrons. The van der Waals surface area contributed by atoms with Gasteiger partial charge in [-0.25, -0.2) is 10.6 Å². The highest BCUT2D eigenvalue weighted by molar-refractivity contribution is 6.01. The summed E-state index contributed by atoms with van der Waals surface area (Å²) in [6, 6.07) is 9.39. The molecule has 6 heteroatoms. The smallest absolute Gasteiger partial charge is 0.344 e. The van der Waals surface area contributed by atoms with Crippen LogP contribution in [0.4, 0.5) is 5.82 Å². The Morgan fingerprint density at radius 3 is 2.78 bits per heavy atom. The van der Waals surface area contributed by atoms with E-state index in [1.54, 1.807) is 6.92 Å². The first-order valence-corrected chi connectivity index (χ1v) is 5.55. The van der Waals surface area contributed by atoms with Crippen LogP contribution in [0.2, 0.25) is 0 Å². The zero-order valence-corrected chi connectivity index (χ0v) is 9.93. The topological polar surface area (TPSA) is 93.0 Å². The number of carbonyl (C=O) groups excluding carboxylic acids is 1. The van der Waals surface area contributed by atoms with Gasteiger partial charge in [0.25, 0.3) is 0 Å². The van der Waals surface area contributed by atoms with Gasteiger partial charge in [-0.1, -0.05) is 30.3 Å². The van der Waals surface area contributed by atoms with Crippen LogP contribution in [0.5, 0.6) is 0 Å². The predicted molar refractivity (Wildman–Crippen MR) is 67.8 cm³/mol. The summed E-state index contributed by atoms with van der Waals surface area (Å²) in [6.45, 7) is 2.04. The molecule has 0 bridgehead atoms. The first-order valence-electron chi connectivity index (χ1n) is 5.55. The summed E-state index contributed by atoms with van der Waals surface area (Å²) in [5.41, 5.74) is 4.12. The van der Waals surface area contributed by atoms with E-state index in [-0.39, 0.29) is 5.82 Å². The number of nitrogen functional groups attached to an aromatic ring is 1. The van der Waals surface area contributed by atoms with Crippen LogP contribution >= 0.6 is 0 Å². The Kier molecular flexibility index (Phi) is 3.59. The second-order valence-corrected chi connectivity index (χ2v) is 3.55. The van der Waals surface area contributed by atoms with Crippen LogP contribution in [0, 0.1) is 0 Å². The van der Waals surface area contributed by atoms with E-state index in [9.17, 15) is 4.79 Å². The summed E-state index contributed by atoms with van der Waals surface area (Å²) >= 11 is 0. The van der Waals surface area contributed by atoms with Gasteiger partial charge < -0.3 is 10.2 Å². The lowest BCUT2D eigenvalue weighted by Crippen LogP contribution is -2.13. The Hall–Kier alpha value is -2.34. The minimum absolute atomic E-state index is 0.271. The number of hydrogen-bond donors (Lipinski definition) is 3. The number of hydrazine groups is 1. The Morgan fingerprint density at radius 1 is 1.44 bits per heavy atom. The molecule has 1 aromatic carbocycles. The van der Waals surface area contributed by atoms with Crippen LogP contribution in [-0.2, 0) is 4.74 Å². The standard InChI is InChI=1S/C12H14N4O2/c1-2-18-12(17)9-10(15-16-11(9)14-13)8-6-4-3-5-7-8/h3-7H,2,13H2,1H3,(H2,14,15,16). The van der Waals surface area contributed by atoms with Crippen molar-refractivity contribution in [1.82, 2.24) is 10.2 Å². The van der Waals surface area contributed by atoms with E-state index in [4.69, 9.17) is 10.6 Å². The number of nitrogens with zero attached hydrogens (tertiary/aromatic N) is 1. The molecule has 0 aliphatic carbocycles. The zero-order valence-electron chi connectivity index (χ0n) is 9.93. The fourth-order valence-corrected chi connectivity index (χ4v) is 1.66. The summed E-state index contributed by atoms with van der Waals surface area (Å²) in [7, 11) is 0. The monoisotopic (exact) mass is 246 g/mol. The molecule has 4 N–H and O–H groups in total. The van der Waals surface area contributed by atoms with Crippen molar-refractivity contribution in [3.8, 4) is 11.3 Å². The Balaban J connectivity index is 2.49. The molecule has 0 amide bonds. The molecule has 0 aliphatic rings. The van der Waals surface area contributed by atoms with E-state index in [2.05, 4.69) is 15.6 Å². The molecule has 0 spiro atoms. The number of esters is 1. The number of ether oxygens (including phenoxy) is 1. The second kappa shape index (κ2) is 5.33. The maximum absolute atomic E-state index is 11.9. The lowest BCUT2D eigenvalue weighted by atomic mass is 10.1. The summed E-state index contributed by atoms with van der Waals surface area (Å²) < 4.78 is 5.00. The van der Waals surface area contributed by atoms with Crippen LogP contribution in [0.3, 0.4) is 0 Å². The van der Waals surface area contributed by atoms with Crippen molar-refractivity contribution in [1.29, 1.82) is 0 Å². The number of aromatic nitrogens is 2. The van der Waals surface area contributed by atoms with Crippen LogP contribution in [-0.4, -0.2) is 22.8 Å². The van der Waals surface area contributed by atoms with Crippen molar-refractivity contribution in [2.24, 2.45) is 5.84 Å². The van der Waals surface area contributed by atoms with Crippen molar-refractivity contribution in [2.45, 2.75) is 6.92 Å². The minimum atomic E-state index is -0.460. The number of nitrogens with one attached hydrogen (secondary N) is 2. The van der Waals surface area contributed by atoms with Gasteiger partial charge in [-0.2, -0.15) is 5.10 Å². The van der Waals surface area contributed by atoms with E-state index < -0.39 is 5.97 Å². The number of anilines is 1. The van der Waals surface area contributed by atoms with Gasteiger partial charge in [0.15, 0.2) is 5.82 Å². The van der Waals surface area contributed by atoms with Crippen LogP contribution in [0.25, 0.3) is 11.3 Å². The van der Waals surface area contributed by atoms with Crippen LogP contribution in [0.15, 0.2) is 30.3 Å². The van der Waals surface area contributed by atoms with Gasteiger partial charge in [-0.05, 0) is 6.92 Å². The van der Waals surface area contributed by atoms with Gasteiger partial charge in [0.1, 0.15) is 5.56 Å². The van der Waals surface area contributed by atoms with E-state index in [1.807, 2.05) is 30.3 Å². The highest BCUT2D eigenvalue weighted by Crippen LogP contribution is 2.26. The normalized spacial score (nSPS) is 10.1. The lowest BCUT2D eigenvalue weighted by molar-refractivity contribution is 0.0528. The maximum atomic E-state index is 11.9. The molecule has 0 saturated heterocycles. The lowest BCUT2D eigenvalue weighted by Gasteiger charge is -2.05. The Morgan fingerprint density at radius 2 is 2.17 bits per heavy atom. The Labute approximate surface area is 104 Å². The van der Waals surface area contributed by atoms with E-state index >= 15 is 0 Å². The zero-order chi connectivity index (χ0) is 13.0. The second-order valence-electron chi connectivity index (χ2n) is 3.55. The average molecular weight is 246 g/mol. The number of benzene rings is 1. The quantitative estimate of drug-likeness (QED) is 0.432. The molecular weight excluding hydrogens is 232 g/mol. The van der Waals surface area contributed by atoms with Crippen molar-refractivity contribution in [3.63, 3.8) is 0 Å². The highest BCUT2D eigenvalue weighted by Gasteiger charge is 2.22. The SMILES string of the molecule is CCOC(=O)c1c(NN)n[nH]c1-c1ccccc1. The van der Waals surface area contributed by atoms with Gasteiger partial charge in [0.05, 0.1) is 12.3 Å². The number of rotatable bonds is 4. The number of hydrogen-bond acceptors (Lipinski definition) is 5. The summed E-state index contributed by atoms with van der Waals surface area (Å²) in [5.74, 6) is 5.15. The van der Waals surface area contributed by atoms with E-state index in [1.165, 1.54) is 0 Å². The summed E-state index contributed by atoms with van der Waals surface area (Å²) in [5, 5.41) is 6.74. The molecule has 2 aromatic rings. The molecule has 1 aromatic heterocycles. The van der Waals surface area contributed by atoms with Gasteiger partial charge in [-0.3, -0.25) is 5.10 Å². The number of H-pyrrole nitrogens is 1. The largest absolute Gasteiger partial charge is 0.462 e. The first-order chi connectivity index (χ1) is 8.77. The van der Waals surface area contributed by atoms with Gasteiger partial charge in [0, 0.05) is 5.56 Å². The third kappa shape index (κ3) is 2.18. The molecule has 6 nitrogen and oxygen atoms in total. The molecule has 0 saturated carbocycles. The van der Waals surface area contributed by atoms with Gasteiger partial charge in [0.2, 0.25) is 0 Å². The average Bonchev–Trinajstić information content (AvgIpc) is 2.84. The molecule has 2 rings (SSSR count). The molecule has 0 unspecified atom stereocenters. The van der Waals surface area contributed by atoms with Crippen molar-refractivity contribution >= 4 is 11.8 Å². The molecule has 0 fully saturated rings. The van der Waals surface area contributed by atoms with Gasteiger partial charge in [-0.15, -0.1) is 0 Å². The maximum Gasteiger partial charge on any atom is 0.344 e. The Bertz CT molecular complexity index is 536. The number of carbonyl (C=O) groups is 1. The summed E-state index contributed by atoms with van der Waals surface area (Å²) in [4.78, 5) is 11.9. The van der Waals surface area contributed by atoms with Crippen molar-refractivity contribution in [3.05, 3.63) is 35.9 Å². The predicted octanol–water partition coefficient (Wildman–Crippen LogP) is 1.54. The third-order valence-electron chi connectivity index (χ3n) is 2.45. The summed E-state index contributed by atoms with van der Waals surface area (Å²) in [6.07, 6.45) is 0. The third-order valence-corrected chi connectivity index (χ3v) is 2.45. The molecular formula is C12H14N4O2. The fourth-order valence-electron chi connectivity index (χ4n) is 1.66. The number of aromatic amines is 1.